The Morgan fingerprint density at radius 1 is 1.26 bits per heavy atom. The van der Waals surface area contributed by atoms with Crippen LogP contribution in [0.4, 0.5) is 0 Å². The van der Waals surface area contributed by atoms with Gasteiger partial charge < -0.3 is 19.7 Å². The van der Waals surface area contributed by atoms with E-state index in [4.69, 9.17) is 9.26 Å². The first-order valence-electron chi connectivity index (χ1n) is 9.03. The number of carboxylic acids is 1. The van der Waals surface area contributed by atoms with Crippen molar-refractivity contribution in [3.05, 3.63) is 46.8 Å². The minimum Gasteiger partial charge on any atom is -0.494 e. The van der Waals surface area contributed by atoms with Crippen LogP contribution in [-0.4, -0.2) is 35.3 Å². The van der Waals surface area contributed by atoms with E-state index in [2.05, 4.69) is 10.5 Å². The van der Waals surface area contributed by atoms with E-state index in [9.17, 15) is 14.7 Å². The van der Waals surface area contributed by atoms with Crippen LogP contribution in [0.3, 0.4) is 0 Å². The van der Waals surface area contributed by atoms with E-state index in [0.717, 1.165) is 22.6 Å². The summed E-state index contributed by atoms with van der Waals surface area (Å²) in [5, 5.41) is 16.0. The Bertz CT molecular complexity index is 748. The molecular weight excluding hydrogens is 348 g/mol. The summed E-state index contributed by atoms with van der Waals surface area (Å²) in [4.78, 5) is 23.6. The number of nitrogens with zero attached hydrogens (tertiary/aromatic N) is 1. The van der Waals surface area contributed by atoms with E-state index >= 15 is 0 Å². The normalized spacial score (nSPS) is 11.8. The van der Waals surface area contributed by atoms with E-state index < -0.39 is 11.9 Å². The molecule has 0 aliphatic carbocycles. The number of benzene rings is 1. The minimum atomic E-state index is -0.935. The third kappa shape index (κ3) is 6.13. The second kappa shape index (κ2) is 9.75. The summed E-state index contributed by atoms with van der Waals surface area (Å²) in [7, 11) is 0. The van der Waals surface area contributed by atoms with Crippen LogP contribution >= 0.6 is 0 Å². The van der Waals surface area contributed by atoms with Crippen LogP contribution in [0.25, 0.3) is 0 Å². The van der Waals surface area contributed by atoms with Gasteiger partial charge in [0.15, 0.2) is 0 Å². The van der Waals surface area contributed by atoms with Gasteiger partial charge in [-0.3, -0.25) is 9.59 Å². The van der Waals surface area contributed by atoms with Crippen molar-refractivity contribution in [1.29, 1.82) is 0 Å². The third-order valence-electron chi connectivity index (χ3n) is 4.39. The summed E-state index contributed by atoms with van der Waals surface area (Å²) in [5.74, 6) is -0.353. The number of rotatable bonds is 10. The van der Waals surface area contributed by atoms with Gasteiger partial charge in [-0.1, -0.05) is 17.3 Å². The van der Waals surface area contributed by atoms with Gasteiger partial charge in [0.1, 0.15) is 11.5 Å². The van der Waals surface area contributed by atoms with Crippen molar-refractivity contribution >= 4 is 11.9 Å². The highest BCUT2D eigenvalue weighted by Crippen LogP contribution is 2.16. The van der Waals surface area contributed by atoms with Crippen LogP contribution in [0.2, 0.25) is 0 Å². The first-order valence-corrected chi connectivity index (χ1v) is 9.03. The lowest BCUT2D eigenvalue weighted by atomic mass is 9.99. The molecule has 1 unspecified atom stereocenters. The Morgan fingerprint density at radius 3 is 2.52 bits per heavy atom. The maximum absolute atomic E-state index is 12.1. The molecule has 0 bridgehead atoms. The number of nitrogens with one attached hydrogen (secondary N) is 1. The fourth-order valence-electron chi connectivity index (χ4n) is 2.84. The first-order chi connectivity index (χ1) is 12.9. The molecule has 7 nitrogen and oxygen atoms in total. The van der Waals surface area contributed by atoms with Gasteiger partial charge in [-0.25, -0.2) is 0 Å². The molecule has 1 heterocycles. The number of hydrogen-bond donors (Lipinski definition) is 2. The molecule has 0 spiro atoms. The second-order valence-electron chi connectivity index (χ2n) is 6.42. The van der Waals surface area contributed by atoms with Gasteiger partial charge in [0.2, 0.25) is 5.91 Å². The number of ether oxygens (including phenoxy) is 1. The molecule has 1 aromatic heterocycles. The molecule has 1 aromatic carbocycles. The van der Waals surface area contributed by atoms with Crippen LogP contribution in [0.1, 0.15) is 35.9 Å². The topological polar surface area (TPSA) is 102 Å². The van der Waals surface area contributed by atoms with Gasteiger partial charge in [0, 0.05) is 18.5 Å². The zero-order valence-corrected chi connectivity index (χ0v) is 15.9. The molecule has 27 heavy (non-hydrogen) atoms. The second-order valence-corrected chi connectivity index (χ2v) is 6.42. The highest BCUT2D eigenvalue weighted by atomic mass is 16.5. The number of amides is 1. The van der Waals surface area contributed by atoms with Crippen LogP contribution in [0.5, 0.6) is 5.75 Å². The highest BCUT2D eigenvalue weighted by Gasteiger charge is 2.19. The number of carboxylic acid groups (broad SMARTS) is 1. The van der Waals surface area contributed by atoms with E-state index in [0.29, 0.717) is 25.2 Å². The molecule has 0 saturated heterocycles. The minimum absolute atomic E-state index is 0.0863. The van der Waals surface area contributed by atoms with Crippen molar-refractivity contribution in [1.82, 2.24) is 10.5 Å². The van der Waals surface area contributed by atoms with Crippen LogP contribution in [-0.2, 0) is 22.4 Å². The summed E-state index contributed by atoms with van der Waals surface area (Å²) in [5.41, 5.74) is 2.59. The molecule has 2 rings (SSSR count). The number of aromatic nitrogens is 1. The lowest BCUT2D eigenvalue weighted by Crippen LogP contribution is -2.34. The van der Waals surface area contributed by atoms with Crippen LogP contribution in [0, 0.1) is 19.8 Å². The van der Waals surface area contributed by atoms with Crippen molar-refractivity contribution in [2.24, 2.45) is 5.92 Å². The SMILES string of the molecule is CCOc1ccc(CC(CNC(=O)CCc2c(C)noc2C)C(=O)O)cc1. The first kappa shape index (κ1) is 20.5. The van der Waals surface area contributed by atoms with Gasteiger partial charge in [0.25, 0.3) is 0 Å². The Hall–Kier alpha value is -2.83. The van der Waals surface area contributed by atoms with Crippen molar-refractivity contribution in [2.45, 2.75) is 40.0 Å². The maximum Gasteiger partial charge on any atom is 0.308 e. The molecule has 146 valence electrons. The monoisotopic (exact) mass is 374 g/mol. The summed E-state index contributed by atoms with van der Waals surface area (Å²) < 4.78 is 10.5. The predicted molar refractivity (Wildman–Crippen MR) is 99.7 cm³/mol. The number of carbonyl (C=O) groups is 2. The average molecular weight is 374 g/mol. The molecule has 1 atom stereocenters. The van der Waals surface area contributed by atoms with Gasteiger partial charge in [-0.15, -0.1) is 0 Å². The molecule has 0 aliphatic heterocycles. The summed E-state index contributed by atoms with van der Waals surface area (Å²) in [6.07, 6.45) is 1.12. The quantitative estimate of drug-likeness (QED) is 0.663. The largest absolute Gasteiger partial charge is 0.494 e. The van der Waals surface area contributed by atoms with E-state index in [1.54, 1.807) is 0 Å². The van der Waals surface area contributed by atoms with Gasteiger partial charge in [-0.05, 0) is 51.3 Å². The van der Waals surface area contributed by atoms with E-state index in [-0.39, 0.29) is 18.9 Å². The Balaban J connectivity index is 1.84. The fraction of sp³-hybridized carbons (Fsp3) is 0.450. The standard InChI is InChI=1S/C20H26N2O5/c1-4-26-17-7-5-15(6-8-17)11-16(20(24)25)12-21-19(23)10-9-18-13(2)22-27-14(18)3/h5-8,16H,4,9-12H2,1-3H3,(H,21,23)(H,24,25). The Morgan fingerprint density at radius 2 is 1.96 bits per heavy atom. The summed E-state index contributed by atoms with van der Waals surface area (Å²) >= 11 is 0. The van der Waals surface area contributed by atoms with E-state index in [1.165, 1.54) is 0 Å². The molecule has 0 radical (unpaired) electrons. The van der Waals surface area contributed by atoms with Crippen molar-refractivity contribution in [3.63, 3.8) is 0 Å². The maximum atomic E-state index is 12.1. The lowest BCUT2D eigenvalue weighted by Gasteiger charge is -2.14. The van der Waals surface area contributed by atoms with Gasteiger partial charge in [0.05, 0.1) is 18.2 Å². The highest BCUT2D eigenvalue weighted by molar-refractivity contribution is 5.77. The van der Waals surface area contributed by atoms with Crippen molar-refractivity contribution in [2.75, 3.05) is 13.2 Å². The number of aryl methyl sites for hydroxylation is 2. The van der Waals surface area contributed by atoms with Crippen LogP contribution < -0.4 is 10.1 Å². The molecule has 2 aromatic rings. The Kier molecular flexibility index (Phi) is 7.40. The number of carbonyl (C=O) groups excluding carboxylic acids is 1. The third-order valence-corrected chi connectivity index (χ3v) is 4.39. The number of aliphatic carboxylic acids is 1. The van der Waals surface area contributed by atoms with Gasteiger partial charge in [-0.2, -0.15) is 0 Å². The molecule has 0 fully saturated rings. The number of hydrogen-bond acceptors (Lipinski definition) is 5. The zero-order chi connectivity index (χ0) is 19.8. The van der Waals surface area contributed by atoms with Gasteiger partial charge >= 0.3 is 5.97 Å². The molecule has 7 heteroatoms. The van der Waals surface area contributed by atoms with Crippen molar-refractivity contribution in [3.8, 4) is 5.75 Å². The lowest BCUT2D eigenvalue weighted by molar-refractivity contribution is -0.141. The average Bonchev–Trinajstić information content (AvgIpc) is 2.96. The Labute approximate surface area is 158 Å². The summed E-state index contributed by atoms with van der Waals surface area (Å²) in [6.45, 7) is 6.22. The molecule has 2 N–H and O–H groups in total. The van der Waals surface area contributed by atoms with E-state index in [1.807, 2.05) is 45.0 Å². The van der Waals surface area contributed by atoms with Crippen LogP contribution in [0.15, 0.2) is 28.8 Å². The summed E-state index contributed by atoms with van der Waals surface area (Å²) in [6, 6.07) is 7.33. The molecule has 1 amide bonds. The van der Waals surface area contributed by atoms with Crippen molar-refractivity contribution < 1.29 is 24.0 Å². The molecule has 0 aliphatic rings. The zero-order valence-electron chi connectivity index (χ0n) is 15.9. The molecule has 0 saturated carbocycles. The molecular formula is C20H26N2O5. The fourth-order valence-corrected chi connectivity index (χ4v) is 2.84. The predicted octanol–water partition coefficient (Wildman–Crippen LogP) is 2.68. The smallest absolute Gasteiger partial charge is 0.308 e.